The number of hydrogen-bond donors (Lipinski definition) is 1. The van der Waals surface area contributed by atoms with Gasteiger partial charge in [0.15, 0.2) is 30.5 Å². The summed E-state index contributed by atoms with van der Waals surface area (Å²) in [6.45, 7) is 1.22. The summed E-state index contributed by atoms with van der Waals surface area (Å²) in [5, 5.41) is 2.84. The number of methoxy groups -OCH3 is 1. The molecule has 0 saturated heterocycles. The minimum atomic E-state index is -0.674. The second-order valence-electron chi connectivity index (χ2n) is 7.29. The van der Waals surface area contributed by atoms with Crippen LogP contribution in [0.4, 0.5) is 0 Å². The lowest BCUT2D eigenvalue weighted by Crippen LogP contribution is -2.35. The molecule has 1 saturated carbocycles. The maximum Gasteiger partial charge on any atom is 0.344 e. The molecule has 0 unspecified atom stereocenters. The Morgan fingerprint density at radius 1 is 1.00 bits per heavy atom. The molecular weight excluding hydrogens is 386 g/mol. The molecule has 0 aromatic heterocycles. The largest absolute Gasteiger partial charge is 0.493 e. The lowest BCUT2D eigenvalue weighted by atomic mass is 9.96. The van der Waals surface area contributed by atoms with Crippen molar-refractivity contribution in [1.29, 1.82) is 0 Å². The van der Waals surface area contributed by atoms with Crippen molar-refractivity contribution < 1.29 is 28.6 Å². The Morgan fingerprint density at radius 2 is 1.73 bits per heavy atom. The van der Waals surface area contributed by atoms with Gasteiger partial charge >= 0.3 is 5.97 Å². The molecular formula is C23H25NO6. The Balaban J connectivity index is 1.42. The fourth-order valence-corrected chi connectivity index (χ4v) is 3.16. The first kappa shape index (κ1) is 21.4. The molecule has 1 aliphatic carbocycles. The Kier molecular flexibility index (Phi) is 6.72. The van der Waals surface area contributed by atoms with E-state index in [0.29, 0.717) is 23.6 Å². The predicted molar refractivity (Wildman–Crippen MR) is 110 cm³/mol. The topological polar surface area (TPSA) is 90.9 Å². The minimum Gasteiger partial charge on any atom is -0.493 e. The van der Waals surface area contributed by atoms with E-state index in [1.165, 1.54) is 25.7 Å². The molecule has 0 radical (unpaired) electrons. The summed E-state index contributed by atoms with van der Waals surface area (Å²) in [5.74, 6) is -0.488. The number of ketones is 1. The maximum atomic E-state index is 12.0. The number of carbonyl (C=O) groups excluding carboxylic acids is 3. The van der Waals surface area contributed by atoms with Crippen molar-refractivity contribution in [1.82, 2.24) is 5.32 Å². The fraction of sp³-hybridized carbons (Fsp3) is 0.348. The van der Waals surface area contributed by atoms with Gasteiger partial charge in [-0.05, 0) is 43.5 Å². The van der Waals surface area contributed by atoms with E-state index < -0.39 is 5.97 Å². The third-order valence-electron chi connectivity index (χ3n) is 5.14. The Morgan fingerprint density at radius 3 is 2.37 bits per heavy atom. The Hall–Kier alpha value is -3.35. The first-order chi connectivity index (χ1) is 14.4. The molecule has 2 aromatic rings. The standard InChI is InChI=1S/C23H25NO6/c1-16(25)17-8-9-19(20(12-17)28-2)29-14-22(27)30-13-21(26)24-15-23(10-11-23)18-6-4-3-5-7-18/h3-9,12H,10-11,13-15H2,1-2H3,(H,24,26). The maximum absolute atomic E-state index is 12.0. The summed E-state index contributed by atoms with van der Waals surface area (Å²) in [5.41, 5.74) is 1.68. The van der Waals surface area contributed by atoms with E-state index in [-0.39, 0.29) is 30.3 Å². The van der Waals surface area contributed by atoms with Gasteiger partial charge < -0.3 is 19.5 Å². The average molecular weight is 411 g/mol. The zero-order chi connectivity index (χ0) is 21.6. The molecule has 1 N–H and O–H groups in total. The molecule has 3 rings (SSSR count). The molecule has 7 nitrogen and oxygen atoms in total. The summed E-state index contributed by atoms with van der Waals surface area (Å²) in [6, 6.07) is 14.7. The number of rotatable bonds is 10. The average Bonchev–Trinajstić information content (AvgIpc) is 3.56. The van der Waals surface area contributed by atoms with Crippen molar-refractivity contribution in [3.8, 4) is 11.5 Å². The van der Waals surface area contributed by atoms with Gasteiger partial charge in [-0.3, -0.25) is 9.59 Å². The summed E-state index contributed by atoms with van der Waals surface area (Å²) in [6.07, 6.45) is 2.05. The van der Waals surface area contributed by atoms with Crippen molar-refractivity contribution in [2.45, 2.75) is 25.2 Å². The van der Waals surface area contributed by atoms with E-state index in [0.717, 1.165) is 12.8 Å². The number of hydrogen-bond acceptors (Lipinski definition) is 6. The first-order valence-corrected chi connectivity index (χ1v) is 9.73. The van der Waals surface area contributed by atoms with Gasteiger partial charge in [0, 0.05) is 17.5 Å². The van der Waals surface area contributed by atoms with Crippen molar-refractivity contribution in [3.05, 3.63) is 59.7 Å². The van der Waals surface area contributed by atoms with Crippen LogP contribution >= 0.6 is 0 Å². The summed E-state index contributed by atoms with van der Waals surface area (Å²) in [7, 11) is 1.44. The van der Waals surface area contributed by atoms with Crippen LogP contribution in [-0.4, -0.2) is 44.5 Å². The third-order valence-corrected chi connectivity index (χ3v) is 5.14. The summed E-state index contributed by atoms with van der Waals surface area (Å²) >= 11 is 0. The number of nitrogens with one attached hydrogen (secondary N) is 1. The van der Waals surface area contributed by atoms with Crippen LogP contribution < -0.4 is 14.8 Å². The van der Waals surface area contributed by atoms with Crippen LogP contribution in [-0.2, 0) is 19.7 Å². The second kappa shape index (κ2) is 9.43. The van der Waals surface area contributed by atoms with E-state index >= 15 is 0 Å². The SMILES string of the molecule is COc1cc(C(C)=O)ccc1OCC(=O)OCC(=O)NCC1(c2ccccc2)CC1. The van der Waals surface area contributed by atoms with E-state index in [2.05, 4.69) is 17.4 Å². The van der Waals surface area contributed by atoms with Crippen LogP contribution in [0, 0.1) is 0 Å². The van der Waals surface area contributed by atoms with E-state index in [4.69, 9.17) is 14.2 Å². The predicted octanol–water partition coefficient (Wildman–Crippen LogP) is 2.67. The summed E-state index contributed by atoms with van der Waals surface area (Å²) in [4.78, 5) is 35.4. The lowest BCUT2D eigenvalue weighted by molar-refractivity contribution is -0.150. The second-order valence-corrected chi connectivity index (χ2v) is 7.29. The van der Waals surface area contributed by atoms with Crippen LogP contribution in [0.3, 0.4) is 0 Å². The van der Waals surface area contributed by atoms with Crippen LogP contribution in [0.15, 0.2) is 48.5 Å². The van der Waals surface area contributed by atoms with Gasteiger partial charge in [0.1, 0.15) is 0 Å². The first-order valence-electron chi connectivity index (χ1n) is 9.73. The molecule has 0 heterocycles. The molecule has 1 aliphatic rings. The molecule has 7 heteroatoms. The molecule has 2 aromatic carbocycles. The number of benzene rings is 2. The highest BCUT2D eigenvalue weighted by atomic mass is 16.6. The van der Waals surface area contributed by atoms with E-state index in [1.54, 1.807) is 12.1 Å². The van der Waals surface area contributed by atoms with Crippen molar-refractivity contribution in [2.24, 2.45) is 0 Å². The smallest absolute Gasteiger partial charge is 0.344 e. The summed E-state index contributed by atoms with van der Waals surface area (Å²) < 4.78 is 15.6. The van der Waals surface area contributed by atoms with E-state index in [1.807, 2.05) is 18.2 Å². The van der Waals surface area contributed by atoms with Crippen LogP contribution in [0.1, 0.15) is 35.7 Å². The van der Waals surface area contributed by atoms with Gasteiger partial charge in [0.05, 0.1) is 7.11 Å². The van der Waals surface area contributed by atoms with Crippen molar-refractivity contribution in [3.63, 3.8) is 0 Å². The van der Waals surface area contributed by atoms with Gasteiger partial charge in [-0.2, -0.15) is 0 Å². The van der Waals surface area contributed by atoms with Gasteiger partial charge in [0.2, 0.25) is 0 Å². The molecule has 158 valence electrons. The minimum absolute atomic E-state index is 0.00731. The molecule has 30 heavy (non-hydrogen) atoms. The highest BCUT2D eigenvalue weighted by Crippen LogP contribution is 2.47. The number of Topliss-reactive ketones (excluding diaryl/α,β-unsaturated/α-hetero) is 1. The molecule has 1 fully saturated rings. The van der Waals surface area contributed by atoms with Gasteiger partial charge in [0.25, 0.3) is 5.91 Å². The zero-order valence-electron chi connectivity index (χ0n) is 17.1. The fourth-order valence-electron chi connectivity index (χ4n) is 3.16. The third kappa shape index (κ3) is 5.37. The molecule has 1 amide bonds. The lowest BCUT2D eigenvalue weighted by Gasteiger charge is -2.16. The van der Waals surface area contributed by atoms with Crippen LogP contribution in [0.25, 0.3) is 0 Å². The number of amides is 1. The molecule has 0 spiro atoms. The quantitative estimate of drug-likeness (QED) is 0.477. The number of carbonyl (C=O) groups is 3. The number of esters is 1. The number of ether oxygens (including phenoxy) is 3. The molecule has 0 aliphatic heterocycles. The van der Waals surface area contributed by atoms with Crippen LogP contribution in [0.2, 0.25) is 0 Å². The van der Waals surface area contributed by atoms with Gasteiger partial charge in [-0.25, -0.2) is 4.79 Å². The Bertz CT molecular complexity index is 921. The van der Waals surface area contributed by atoms with Gasteiger partial charge in [-0.15, -0.1) is 0 Å². The monoisotopic (exact) mass is 411 g/mol. The normalized spacial score (nSPS) is 13.8. The van der Waals surface area contributed by atoms with Crippen LogP contribution in [0.5, 0.6) is 11.5 Å². The van der Waals surface area contributed by atoms with E-state index in [9.17, 15) is 14.4 Å². The van der Waals surface area contributed by atoms with Crippen molar-refractivity contribution >= 4 is 17.7 Å². The zero-order valence-corrected chi connectivity index (χ0v) is 17.1. The highest BCUT2D eigenvalue weighted by Gasteiger charge is 2.44. The highest BCUT2D eigenvalue weighted by molar-refractivity contribution is 5.94. The molecule has 0 bridgehead atoms. The van der Waals surface area contributed by atoms with Gasteiger partial charge in [-0.1, -0.05) is 30.3 Å². The molecule has 0 atom stereocenters. The Labute approximate surface area is 175 Å². The van der Waals surface area contributed by atoms with Crippen molar-refractivity contribution in [2.75, 3.05) is 26.9 Å².